The first kappa shape index (κ1) is 16.2. The maximum absolute atomic E-state index is 13.1. The van der Waals surface area contributed by atoms with Gasteiger partial charge in [0.25, 0.3) is 5.56 Å². The van der Waals surface area contributed by atoms with Crippen molar-refractivity contribution in [3.8, 4) is 5.69 Å². The summed E-state index contributed by atoms with van der Waals surface area (Å²) < 4.78 is 16.2. The van der Waals surface area contributed by atoms with Gasteiger partial charge >= 0.3 is 0 Å². The summed E-state index contributed by atoms with van der Waals surface area (Å²) in [6.45, 7) is 4.11. The zero-order chi connectivity index (χ0) is 18.3. The van der Waals surface area contributed by atoms with Crippen LogP contribution < -0.4 is 5.56 Å². The Balaban J connectivity index is 1.90. The van der Waals surface area contributed by atoms with Gasteiger partial charge in [0, 0.05) is 5.39 Å². The molecule has 0 fully saturated rings. The van der Waals surface area contributed by atoms with Crippen molar-refractivity contribution in [3.63, 3.8) is 0 Å². The van der Waals surface area contributed by atoms with E-state index in [4.69, 9.17) is 0 Å². The molecule has 2 aromatic heterocycles. The number of para-hydroxylation sites is 1. The van der Waals surface area contributed by atoms with Crippen molar-refractivity contribution in [2.45, 2.75) is 20.4 Å². The van der Waals surface area contributed by atoms with Crippen LogP contribution in [0, 0.1) is 19.7 Å². The Kier molecular flexibility index (Phi) is 3.88. The minimum atomic E-state index is -0.307. The second-order valence-electron chi connectivity index (χ2n) is 6.28. The van der Waals surface area contributed by atoms with Crippen LogP contribution in [0.1, 0.15) is 16.8 Å². The first-order chi connectivity index (χ1) is 12.5. The molecule has 4 aromatic rings. The van der Waals surface area contributed by atoms with Gasteiger partial charge in [-0.05, 0) is 43.2 Å². The van der Waals surface area contributed by atoms with Gasteiger partial charge < -0.3 is 0 Å². The average Bonchev–Trinajstić information content (AvgIpc) is 3.07. The number of hydrogen-bond donors (Lipinski definition) is 0. The number of aromatic nitrogens is 4. The number of hydrogen-bond acceptors (Lipinski definition) is 3. The van der Waals surface area contributed by atoms with Gasteiger partial charge in [-0.15, -0.1) is 0 Å². The van der Waals surface area contributed by atoms with E-state index < -0.39 is 0 Å². The molecule has 6 heteroatoms. The lowest BCUT2D eigenvalue weighted by molar-refractivity contribution is 0.617. The van der Waals surface area contributed by atoms with Crippen molar-refractivity contribution >= 4 is 10.9 Å². The van der Waals surface area contributed by atoms with E-state index in [-0.39, 0.29) is 17.9 Å². The fraction of sp³-hybridized carbons (Fsp3) is 0.150. The van der Waals surface area contributed by atoms with Gasteiger partial charge in [-0.25, -0.2) is 13.8 Å². The van der Waals surface area contributed by atoms with Crippen LogP contribution in [0.25, 0.3) is 16.6 Å². The van der Waals surface area contributed by atoms with Gasteiger partial charge in [0.2, 0.25) is 0 Å². The summed E-state index contributed by atoms with van der Waals surface area (Å²) in [7, 11) is 0. The largest absolute Gasteiger partial charge is 0.293 e. The fourth-order valence-corrected chi connectivity index (χ4v) is 3.08. The smallest absolute Gasteiger partial charge is 0.265 e. The van der Waals surface area contributed by atoms with Crippen molar-refractivity contribution in [2.75, 3.05) is 0 Å². The summed E-state index contributed by atoms with van der Waals surface area (Å²) in [5.41, 5.74) is 3.68. The zero-order valence-corrected chi connectivity index (χ0v) is 14.5. The second-order valence-corrected chi connectivity index (χ2v) is 6.28. The van der Waals surface area contributed by atoms with E-state index in [0.29, 0.717) is 5.52 Å². The molecule has 5 nitrogen and oxygen atoms in total. The summed E-state index contributed by atoms with van der Waals surface area (Å²) in [5.74, 6) is -0.307. The van der Waals surface area contributed by atoms with Gasteiger partial charge in [-0.2, -0.15) is 10.2 Å². The van der Waals surface area contributed by atoms with Crippen LogP contribution in [0.3, 0.4) is 0 Å². The van der Waals surface area contributed by atoms with Gasteiger partial charge in [-0.3, -0.25) is 4.79 Å². The van der Waals surface area contributed by atoms with E-state index in [0.717, 1.165) is 27.9 Å². The van der Waals surface area contributed by atoms with Crippen LogP contribution in [0.15, 0.2) is 59.5 Å². The maximum atomic E-state index is 13.1. The van der Waals surface area contributed by atoms with Crippen molar-refractivity contribution in [2.24, 2.45) is 0 Å². The van der Waals surface area contributed by atoms with E-state index in [1.165, 1.54) is 16.8 Å². The Bertz CT molecular complexity index is 1160. The van der Waals surface area contributed by atoms with Gasteiger partial charge in [-0.1, -0.05) is 30.3 Å². The Morgan fingerprint density at radius 1 is 1.04 bits per heavy atom. The molecule has 0 aliphatic heterocycles. The molecule has 130 valence electrons. The summed E-state index contributed by atoms with van der Waals surface area (Å²) >= 11 is 0. The van der Waals surface area contributed by atoms with Crippen molar-refractivity contribution in [1.82, 2.24) is 19.6 Å². The Labute approximate surface area is 149 Å². The molecule has 0 bridgehead atoms. The van der Waals surface area contributed by atoms with E-state index in [1.807, 2.05) is 38.1 Å². The van der Waals surface area contributed by atoms with E-state index >= 15 is 0 Å². The number of rotatable bonds is 3. The molecular formula is C20H17FN4O. The van der Waals surface area contributed by atoms with Crippen LogP contribution in [0.2, 0.25) is 0 Å². The minimum absolute atomic E-state index is 0.226. The first-order valence-electron chi connectivity index (χ1n) is 8.30. The monoisotopic (exact) mass is 348 g/mol. The predicted molar refractivity (Wildman–Crippen MR) is 98.1 cm³/mol. The van der Waals surface area contributed by atoms with E-state index in [2.05, 4.69) is 10.2 Å². The summed E-state index contributed by atoms with van der Waals surface area (Å²) in [4.78, 5) is 13.1. The summed E-state index contributed by atoms with van der Waals surface area (Å²) in [6.07, 6.45) is 1.67. The van der Waals surface area contributed by atoms with Gasteiger partial charge in [0.1, 0.15) is 11.3 Å². The Morgan fingerprint density at radius 2 is 1.77 bits per heavy atom. The molecule has 2 heterocycles. The minimum Gasteiger partial charge on any atom is -0.265 e. The lowest BCUT2D eigenvalue weighted by Gasteiger charge is -2.10. The van der Waals surface area contributed by atoms with Gasteiger partial charge in [0.15, 0.2) is 0 Å². The molecular weight excluding hydrogens is 331 g/mol. The predicted octanol–water partition coefficient (Wildman–Crippen LogP) is 3.39. The highest BCUT2D eigenvalue weighted by Gasteiger charge is 2.16. The van der Waals surface area contributed by atoms with E-state index in [9.17, 15) is 9.18 Å². The lowest BCUT2D eigenvalue weighted by Crippen LogP contribution is -2.26. The second kappa shape index (κ2) is 6.22. The SMILES string of the molecule is Cc1ccccc1-n1ncc2c(C)nn(Cc3ccc(F)cc3)c(=O)c21. The fourth-order valence-electron chi connectivity index (χ4n) is 3.08. The Hall–Kier alpha value is -3.28. The van der Waals surface area contributed by atoms with Gasteiger partial charge in [0.05, 0.1) is 24.1 Å². The van der Waals surface area contributed by atoms with Crippen molar-refractivity contribution < 1.29 is 4.39 Å². The molecule has 26 heavy (non-hydrogen) atoms. The van der Waals surface area contributed by atoms with Crippen LogP contribution in [-0.2, 0) is 6.54 Å². The zero-order valence-electron chi connectivity index (χ0n) is 14.5. The first-order valence-corrected chi connectivity index (χ1v) is 8.30. The lowest BCUT2D eigenvalue weighted by atomic mass is 10.2. The van der Waals surface area contributed by atoms with Crippen LogP contribution >= 0.6 is 0 Å². The molecule has 0 saturated heterocycles. The average molecular weight is 348 g/mol. The standard InChI is InChI=1S/C20H17FN4O/c1-13-5-3-4-6-18(13)25-19-17(11-22-25)14(2)23-24(20(19)26)12-15-7-9-16(21)10-8-15/h3-11H,12H2,1-2H3. The van der Waals surface area contributed by atoms with Crippen LogP contribution in [-0.4, -0.2) is 19.6 Å². The molecule has 0 spiro atoms. The molecule has 0 aliphatic rings. The summed E-state index contributed by atoms with van der Waals surface area (Å²) in [5, 5.41) is 9.56. The van der Waals surface area contributed by atoms with E-state index in [1.54, 1.807) is 23.0 Å². The highest BCUT2D eigenvalue weighted by atomic mass is 19.1. The normalized spacial score (nSPS) is 11.2. The Morgan fingerprint density at radius 3 is 2.50 bits per heavy atom. The molecule has 0 N–H and O–H groups in total. The van der Waals surface area contributed by atoms with Crippen LogP contribution in [0.4, 0.5) is 4.39 Å². The highest BCUT2D eigenvalue weighted by molar-refractivity contribution is 5.81. The van der Waals surface area contributed by atoms with Crippen LogP contribution in [0.5, 0.6) is 0 Å². The molecule has 0 radical (unpaired) electrons. The van der Waals surface area contributed by atoms with Crippen molar-refractivity contribution in [3.05, 3.63) is 87.7 Å². The number of nitrogens with zero attached hydrogens (tertiary/aromatic N) is 4. The molecule has 0 amide bonds. The number of halogens is 1. The third-order valence-corrected chi connectivity index (χ3v) is 4.46. The molecule has 0 unspecified atom stereocenters. The third kappa shape index (κ3) is 2.69. The maximum Gasteiger partial charge on any atom is 0.293 e. The topological polar surface area (TPSA) is 52.7 Å². The molecule has 0 saturated carbocycles. The number of aryl methyl sites for hydroxylation is 2. The molecule has 0 atom stereocenters. The molecule has 4 rings (SSSR count). The molecule has 2 aromatic carbocycles. The highest BCUT2D eigenvalue weighted by Crippen LogP contribution is 2.19. The number of benzene rings is 2. The number of fused-ring (bicyclic) bond motifs is 1. The molecule has 0 aliphatic carbocycles. The quantitative estimate of drug-likeness (QED) is 0.570. The van der Waals surface area contributed by atoms with Crippen molar-refractivity contribution in [1.29, 1.82) is 0 Å². The third-order valence-electron chi connectivity index (χ3n) is 4.46. The summed E-state index contributed by atoms with van der Waals surface area (Å²) in [6, 6.07) is 13.8.